The van der Waals surface area contributed by atoms with Crippen LogP contribution in [0.25, 0.3) is 33.4 Å². The summed E-state index contributed by atoms with van der Waals surface area (Å²) in [5, 5.41) is 5.14. The highest BCUT2D eigenvalue weighted by Gasteiger charge is 2.55. The van der Waals surface area contributed by atoms with Gasteiger partial charge in [0.05, 0.1) is 24.1 Å². The van der Waals surface area contributed by atoms with E-state index in [0.29, 0.717) is 40.0 Å². The lowest BCUT2D eigenvalue weighted by Gasteiger charge is -2.49. The zero-order chi connectivity index (χ0) is 33.3. The number of furan rings is 1. The lowest BCUT2D eigenvalue weighted by Crippen LogP contribution is -2.57. The highest BCUT2D eigenvalue weighted by Crippen LogP contribution is 2.52. The molecule has 1 saturated carbocycles. The van der Waals surface area contributed by atoms with Crippen molar-refractivity contribution in [3.05, 3.63) is 100 Å². The Kier molecular flexibility index (Phi) is 8.78. The molecule has 2 aromatic heterocycles. The summed E-state index contributed by atoms with van der Waals surface area (Å²) in [6, 6.07) is 14.6. The number of nitrogens with zero attached hydrogens (tertiary/aromatic N) is 4. The summed E-state index contributed by atoms with van der Waals surface area (Å²) >= 11 is 0. The van der Waals surface area contributed by atoms with Gasteiger partial charge in [-0.3, -0.25) is 4.79 Å². The van der Waals surface area contributed by atoms with Crippen LogP contribution in [0, 0.1) is 17.6 Å². The minimum atomic E-state index is -2.98. The third-order valence-corrected chi connectivity index (χ3v) is 8.64. The van der Waals surface area contributed by atoms with Crippen molar-refractivity contribution in [2.24, 2.45) is 5.29 Å². The van der Waals surface area contributed by atoms with Crippen molar-refractivity contribution in [3.63, 3.8) is 0 Å². The first-order chi connectivity index (χ1) is 22.7. The summed E-state index contributed by atoms with van der Waals surface area (Å²) in [4.78, 5) is 33.9. The van der Waals surface area contributed by atoms with E-state index in [-0.39, 0.29) is 24.4 Å². The molecule has 0 atom stereocenters. The molecule has 1 aliphatic carbocycles. The molecule has 6 rings (SSSR count). The predicted octanol–water partition coefficient (Wildman–Crippen LogP) is 8.56. The maximum Gasteiger partial charge on any atom is 0.345 e. The number of carbonyl (C=O) groups is 1. The second-order valence-electron chi connectivity index (χ2n) is 11.5. The number of hydrogen-bond donors (Lipinski definition) is 0. The van der Waals surface area contributed by atoms with Gasteiger partial charge in [-0.05, 0) is 90.2 Å². The molecule has 2 heterocycles. The second kappa shape index (κ2) is 13.0. The van der Waals surface area contributed by atoms with E-state index < -0.39 is 24.1 Å². The third-order valence-electron chi connectivity index (χ3n) is 8.64. The fourth-order valence-corrected chi connectivity index (χ4v) is 6.43. The van der Waals surface area contributed by atoms with Gasteiger partial charge in [0, 0.05) is 36.2 Å². The number of alkyl halides is 2. The van der Waals surface area contributed by atoms with E-state index in [1.165, 1.54) is 36.6 Å². The fraction of sp³-hybridized carbons (Fsp3) is 0.286. The van der Waals surface area contributed by atoms with Crippen molar-refractivity contribution in [1.82, 2.24) is 9.97 Å². The average molecular weight is 645 g/mol. The Hall–Kier alpha value is -5.10. The molecule has 242 valence electrons. The summed E-state index contributed by atoms with van der Waals surface area (Å²) in [7, 11) is 1.46. The fourth-order valence-electron chi connectivity index (χ4n) is 6.43. The highest BCUT2D eigenvalue weighted by atomic mass is 19.3. The molecule has 0 unspecified atom stereocenters. The molecule has 0 saturated heterocycles. The summed E-state index contributed by atoms with van der Waals surface area (Å²) in [6.45, 7) is 0.952. The van der Waals surface area contributed by atoms with Gasteiger partial charge in [0.25, 0.3) is 0 Å². The van der Waals surface area contributed by atoms with Crippen LogP contribution in [0.2, 0.25) is 0 Å². The lowest BCUT2D eigenvalue weighted by atomic mass is 9.72. The number of aldehydes is 1. The number of anilines is 1. The zero-order valence-corrected chi connectivity index (χ0v) is 25.9. The van der Waals surface area contributed by atoms with Crippen LogP contribution in [0.1, 0.15) is 53.5 Å². The Morgan fingerprint density at radius 3 is 2.45 bits per heavy atom. The van der Waals surface area contributed by atoms with Gasteiger partial charge in [-0.1, -0.05) is 13.3 Å². The second-order valence-corrected chi connectivity index (χ2v) is 11.5. The first kappa shape index (κ1) is 31.9. The van der Waals surface area contributed by atoms with Crippen LogP contribution in [0.15, 0.2) is 76.7 Å². The molecule has 0 spiro atoms. The van der Waals surface area contributed by atoms with E-state index in [9.17, 15) is 22.9 Å². The van der Waals surface area contributed by atoms with Gasteiger partial charge in [0.1, 0.15) is 34.1 Å². The summed E-state index contributed by atoms with van der Waals surface area (Å²) in [5.41, 5.74) is 3.63. The number of aromatic nitrogens is 2. The number of rotatable bonds is 12. The Bertz CT molecular complexity index is 1930. The van der Waals surface area contributed by atoms with Crippen molar-refractivity contribution < 1.29 is 31.9 Å². The Balaban J connectivity index is 1.53. The number of fused-ring (bicyclic) bond motifs is 1. The molecule has 9 nitrogen and oxygen atoms in total. The molecule has 5 aromatic rings. The van der Waals surface area contributed by atoms with Gasteiger partial charge in [0.15, 0.2) is 12.1 Å². The van der Waals surface area contributed by atoms with Crippen molar-refractivity contribution in [2.45, 2.75) is 57.8 Å². The van der Waals surface area contributed by atoms with Crippen LogP contribution in [0.3, 0.4) is 0 Å². The van der Waals surface area contributed by atoms with E-state index in [2.05, 4.69) is 15.3 Å². The molecule has 0 bridgehead atoms. The highest BCUT2D eigenvalue weighted by molar-refractivity contribution is 6.04. The lowest BCUT2D eigenvalue weighted by molar-refractivity contribution is -0.196. The van der Waals surface area contributed by atoms with Gasteiger partial charge in [-0.15, -0.1) is 4.91 Å². The number of ether oxygens (including phenoxy) is 2. The molecule has 12 heteroatoms. The quantitative estimate of drug-likeness (QED) is 0.0755. The minimum Gasteiger partial charge on any atom is -0.494 e. The Morgan fingerprint density at radius 1 is 1.11 bits per heavy atom. The molecule has 1 aliphatic rings. The zero-order valence-electron chi connectivity index (χ0n) is 25.9. The third kappa shape index (κ3) is 5.73. The van der Waals surface area contributed by atoms with Crippen LogP contribution < -0.4 is 9.75 Å². The summed E-state index contributed by atoms with van der Waals surface area (Å²) in [5.74, 6) is 0.476. The molecule has 0 radical (unpaired) electrons. The molecule has 0 N–H and O–H groups in total. The standard InChI is InChI=1S/C35H31F3N4O5/c1-4-6-22-14-30-27(28(19-43)32(47-30)21-7-9-23(36)10-8-21)15-26(22)25-16-29(31(45-3)13-20(25)2)42(41-44)35(33-39-11-5-12-40-33)17-24(18-35)46-34(37)38/h5,7-16,19,24,34H,4,6,17-18H2,1-3H3. The molecule has 47 heavy (non-hydrogen) atoms. The monoisotopic (exact) mass is 644 g/mol. The van der Waals surface area contributed by atoms with E-state index >= 15 is 0 Å². The first-order valence-corrected chi connectivity index (χ1v) is 15.1. The number of benzene rings is 3. The van der Waals surface area contributed by atoms with Crippen LogP contribution in [-0.4, -0.2) is 36.1 Å². The molecule has 1 fully saturated rings. The Labute approximate surface area is 268 Å². The van der Waals surface area contributed by atoms with Crippen LogP contribution >= 0.6 is 0 Å². The van der Waals surface area contributed by atoms with E-state index in [0.717, 1.165) is 35.0 Å². The Morgan fingerprint density at radius 2 is 1.83 bits per heavy atom. The van der Waals surface area contributed by atoms with E-state index in [1.54, 1.807) is 30.3 Å². The SMILES string of the molecule is CCCc1cc2oc(-c3ccc(F)cc3)c(C=O)c2cc1-c1cc(N(N=O)C2(c3ncccn3)CC(OC(F)F)C2)c(OC)cc1C. The van der Waals surface area contributed by atoms with Crippen molar-refractivity contribution in [2.75, 3.05) is 12.1 Å². The largest absolute Gasteiger partial charge is 0.494 e. The number of halogens is 3. The predicted molar refractivity (Wildman–Crippen MR) is 170 cm³/mol. The molecule has 0 aliphatic heterocycles. The maximum atomic E-state index is 13.7. The van der Waals surface area contributed by atoms with Gasteiger partial charge >= 0.3 is 6.61 Å². The topological polar surface area (TPSA) is 107 Å². The van der Waals surface area contributed by atoms with Crippen molar-refractivity contribution in [1.29, 1.82) is 0 Å². The number of aryl methyl sites for hydroxylation is 2. The molecular formula is C35H31F3N4O5. The average Bonchev–Trinajstić information content (AvgIpc) is 3.41. The maximum absolute atomic E-state index is 13.7. The van der Waals surface area contributed by atoms with Crippen LogP contribution in [0.4, 0.5) is 18.9 Å². The smallest absolute Gasteiger partial charge is 0.345 e. The summed E-state index contributed by atoms with van der Waals surface area (Å²) < 4.78 is 56.6. The molecule has 0 amide bonds. The first-order valence-electron chi connectivity index (χ1n) is 15.1. The minimum absolute atomic E-state index is 0.0175. The number of nitroso groups, excluding NO2 is 1. The molecular weight excluding hydrogens is 613 g/mol. The van der Waals surface area contributed by atoms with E-state index in [1.807, 2.05) is 26.0 Å². The normalized spacial score (nSPS) is 17.5. The van der Waals surface area contributed by atoms with Crippen molar-refractivity contribution in [3.8, 4) is 28.2 Å². The van der Waals surface area contributed by atoms with Gasteiger partial charge in [0.2, 0.25) is 0 Å². The van der Waals surface area contributed by atoms with Gasteiger partial charge < -0.3 is 13.9 Å². The van der Waals surface area contributed by atoms with Crippen LogP contribution in [0.5, 0.6) is 5.75 Å². The van der Waals surface area contributed by atoms with Gasteiger partial charge in [-0.25, -0.2) is 19.4 Å². The summed E-state index contributed by atoms with van der Waals surface area (Å²) in [6.07, 6.45) is 4.31. The van der Waals surface area contributed by atoms with Gasteiger partial charge in [-0.2, -0.15) is 8.78 Å². The number of hydrogen-bond acceptors (Lipinski definition) is 8. The van der Waals surface area contributed by atoms with E-state index in [4.69, 9.17) is 13.9 Å². The van der Waals surface area contributed by atoms with Crippen LogP contribution in [-0.2, 0) is 16.7 Å². The number of methoxy groups -OCH3 is 1. The molecule has 3 aromatic carbocycles. The number of carbonyl (C=O) groups excluding carboxylic acids is 1. The van der Waals surface area contributed by atoms with Crippen molar-refractivity contribution >= 4 is 22.9 Å².